The highest BCUT2D eigenvalue weighted by molar-refractivity contribution is 7.12. The van der Waals surface area contributed by atoms with E-state index < -0.39 is 0 Å². The van der Waals surface area contributed by atoms with Crippen molar-refractivity contribution in [2.45, 2.75) is 19.5 Å². The molecule has 2 aromatic carbocycles. The summed E-state index contributed by atoms with van der Waals surface area (Å²) in [7, 11) is 4.05. The Hall–Kier alpha value is -3.42. The van der Waals surface area contributed by atoms with Crippen molar-refractivity contribution in [3.05, 3.63) is 93.7 Å². The molecule has 180 valence electrons. The van der Waals surface area contributed by atoms with Crippen LogP contribution in [-0.2, 0) is 19.5 Å². The molecule has 0 saturated heterocycles. The topological polar surface area (TPSA) is 52.8 Å². The molecular formula is C28H30N4O2S. The summed E-state index contributed by atoms with van der Waals surface area (Å²) in [4.78, 5) is 20.5. The highest BCUT2D eigenvalue weighted by atomic mass is 32.1. The van der Waals surface area contributed by atoms with E-state index in [4.69, 9.17) is 4.52 Å². The first kappa shape index (κ1) is 23.3. The molecule has 6 nitrogen and oxygen atoms in total. The Morgan fingerprint density at radius 1 is 1.00 bits per heavy atom. The van der Waals surface area contributed by atoms with E-state index in [0.717, 1.165) is 53.6 Å². The van der Waals surface area contributed by atoms with Gasteiger partial charge >= 0.3 is 0 Å². The van der Waals surface area contributed by atoms with Gasteiger partial charge in [0.15, 0.2) is 0 Å². The molecular weight excluding hydrogens is 456 g/mol. The van der Waals surface area contributed by atoms with Gasteiger partial charge in [-0.2, -0.15) is 0 Å². The predicted octanol–water partition coefficient (Wildman–Crippen LogP) is 5.17. The lowest BCUT2D eigenvalue weighted by Crippen LogP contribution is -2.37. The molecule has 0 unspecified atom stereocenters. The third kappa shape index (κ3) is 5.16. The summed E-state index contributed by atoms with van der Waals surface area (Å²) >= 11 is 1.48. The fourth-order valence-corrected chi connectivity index (χ4v) is 5.19. The van der Waals surface area contributed by atoms with Crippen molar-refractivity contribution in [3.8, 4) is 11.3 Å². The molecule has 7 heteroatoms. The van der Waals surface area contributed by atoms with Crippen LogP contribution in [0.3, 0.4) is 0 Å². The van der Waals surface area contributed by atoms with Crippen molar-refractivity contribution in [3.63, 3.8) is 0 Å². The molecule has 1 amide bonds. The Balaban J connectivity index is 1.52. The minimum Gasteiger partial charge on any atom is -0.338 e. The van der Waals surface area contributed by atoms with Gasteiger partial charge in [0.05, 0.1) is 17.0 Å². The smallest absolute Gasteiger partial charge is 0.264 e. The normalized spacial score (nSPS) is 13.2. The summed E-state index contributed by atoms with van der Waals surface area (Å²) in [6.45, 7) is 3.44. The Bertz CT molecular complexity index is 1270. The summed E-state index contributed by atoms with van der Waals surface area (Å²) in [6, 6.07) is 22.5. The number of hydrogen-bond acceptors (Lipinski definition) is 6. The average molecular weight is 487 g/mol. The number of thiophene rings is 1. The lowest BCUT2D eigenvalue weighted by molar-refractivity contribution is 0.0737. The number of rotatable bonds is 8. The molecule has 5 rings (SSSR count). The first-order chi connectivity index (χ1) is 17.1. The van der Waals surface area contributed by atoms with Crippen LogP contribution in [-0.4, -0.2) is 54.6 Å². The molecule has 2 aromatic heterocycles. The van der Waals surface area contributed by atoms with Gasteiger partial charge in [0.1, 0.15) is 5.69 Å². The average Bonchev–Trinajstić information content (AvgIpc) is 3.57. The number of anilines is 1. The molecule has 4 aromatic rings. The lowest BCUT2D eigenvalue weighted by atomic mass is 9.99. The van der Waals surface area contributed by atoms with E-state index in [0.29, 0.717) is 13.1 Å². The molecule has 0 aliphatic carbocycles. The standard InChI is InChI=1S/C28H30N4O2S/c1-30(2)16-17-31(27(33)25-13-8-18-35-25)20-24-26(22-10-4-3-5-11-22)29-34-28(24)32-15-14-21-9-6-7-12-23(21)19-32/h3-13,18H,14-17,19-20H2,1-2H3. The van der Waals surface area contributed by atoms with E-state index in [1.807, 2.05) is 66.8 Å². The number of fused-ring (bicyclic) bond motifs is 1. The van der Waals surface area contributed by atoms with E-state index in [2.05, 4.69) is 39.2 Å². The molecule has 1 aliphatic rings. The number of nitrogens with zero attached hydrogens (tertiary/aromatic N) is 4. The summed E-state index contributed by atoms with van der Waals surface area (Å²) in [5.74, 6) is 0.796. The molecule has 0 atom stereocenters. The zero-order valence-electron chi connectivity index (χ0n) is 20.2. The zero-order chi connectivity index (χ0) is 24.2. The van der Waals surface area contributed by atoms with Crippen molar-refractivity contribution < 1.29 is 9.32 Å². The third-order valence-corrected chi connectivity index (χ3v) is 7.28. The van der Waals surface area contributed by atoms with Crippen LogP contribution in [0.4, 0.5) is 5.88 Å². The summed E-state index contributed by atoms with van der Waals surface area (Å²) in [5, 5.41) is 6.47. The molecule has 0 saturated carbocycles. The highest BCUT2D eigenvalue weighted by Gasteiger charge is 2.28. The van der Waals surface area contributed by atoms with Crippen LogP contribution < -0.4 is 4.90 Å². The minimum absolute atomic E-state index is 0.0389. The van der Waals surface area contributed by atoms with E-state index in [1.165, 1.54) is 22.5 Å². The molecule has 1 aliphatic heterocycles. The second-order valence-electron chi connectivity index (χ2n) is 9.13. The van der Waals surface area contributed by atoms with Gasteiger partial charge < -0.3 is 19.2 Å². The van der Waals surface area contributed by atoms with Gasteiger partial charge in [-0.1, -0.05) is 65.8 Å². The highest BCUT2D eigenvalue weighted by Crippen LogP contribution is 2.35. The summed E-state index contributed by atoms with van der Waals surface area (Å²) in [6.07, 6.45) is 0.954. The van der Waals surface area contributed by atoms with Crippen LogP contribution in [0, 0.1) is 0 Å². The van der Waals surface area contributed by atoms with Gasteiger partial charge in [0.25, 0.3) is 5.91 Å². The van der Waals surface area contributed by atoms with Crippen molar-refractivity contribution in [1.29, 1.82) is 0 Å². The quantitative estimate of drug-likeness (QED) is 0.344. The second kappa shape index (κ2) is 10.5. The molecule has 0 spiro atoms. The molecule has 3 heterocycles. The monoisotopic (exact) mass is 486 g/mol. The Labute approximate surface area is 210 Å². The van der Waals surface area contributed by atoms with E-state index in [9.17, 15) is 4.79 Å². The largest absolute Gasteiger partial charge is 0.338 e. The SMILES string of the molecule is CN(C)CCN(Cc1c(-c2ccccc2)noc1N1CCc2ccccc2C1)C(=O)c1cccs1. The van der Waals surface area contributed by atoms with Crippen molar-refractivity contribution in [1.82, 2.24) is 15.0 Å². The van der Waals surface area contributed by atoms with Gasteiger partial charge in [-0.05, 0) is 43.1 Å². The number of carbonyl (C=O) groups is 1. The fraction of sp³-hybridized carbons (Fsp3) is 0.286. The molecule has 35 heavy (non-hydrogen) atoms. The number of amides is 1. The van der Waals surface area contributed by atoms with Gasteiger partial charge in [-0.25, -0.2) is 0 Å². The summed E-state index contributed by atoms with van der Waals surface area (Å²) < 4.78 is 6.03. The number of hydrogen-bond donors (Lipinski definition) is 0. The molecule has 0 radical (unpaired) electrons. The maximum Gasteiger partial charge on any atom is 0.264 e. The van der Waals surface area contributed by atoms with Crippen LogP contribution in [0.1, 0.15) is 26.4 Å². The first-order valence-electron chi connectivity index (χ1n) is 11.9. The Morgan fingerprint density at radius 2 is 1.77 bits per heavy atom. The van der Waals surface area contributed by atoms with Crippen LogP contribution in [0.25, 0.3) is 11.3 Å². The van der Waals surface area contributed by atoms with E-state index in [1.54, 1.807) is 0 Å². The second-order valence-corrected chi connectivity index (χ2v) is 10.1. The first-order valence-corrected chi connectivity index (χ1v) is 12.8. The lowest BCUT2D eigenvalue weighted by Gasteiger charge is -2.30. The minimum atomic E-state index is 0.0389. The number of carbonyl (C=O) groups excluding carboxylic acids is 1. The predicted molar refractivity (Wildman–Crippen MR) is 141 cm³/mol. The van der Waals surface area contributed by atoms with E-state index >= 15 is 0 Å². The van der Waals surface area contributed by atoms with Crippen LogP contribution in [0.2, 0.25) is 0 Å². The Kier molecular flexibility index (Phi) is 6.97. The zero-order valence-corrected chi connectivity index (χ0v) is 21.0. The van der Waals surface area contributed by atoms with Gasteiger partial charge in [0.2, 0.25) is 5.88 Å². The Morgan fingerprint density at radius 3 is 2.51 bits per heavy atom. The van der Waals surface area contributed by atoms with Gasteiger partial charge in [-0.15, -0.1) is 11.3 Å². The van der Waals surface area contributed by atoms with Crippen LogP contribution in [0.5, 0.6) is 0 Å². The van der Waals surface area contributed by atoms with Crippen LogP contribution >= 0.6 is 11.3 Å². The maximum atomic E-state index is 13.5. The maximum absolute atomic E-state index is 13.5. The summed E-state index contributed by atoms with van der Waals surface area (Å²) in [5.41, 5.74) is 5.44. The van der Waals surface area contributed by atoms with Crippen molar-refractivity contribution in [2.75, 3.05) is 38.6 Å². The van der Waals surface area contributed by atoms with Crippen molar-refractivity contribution in [2.24, 2.45) is 0 Å². The van der Waals surface area contributed by atoms with E-state index in [-0.39, 0.29) is 5.91 Å². The molecule has 0 fully saturated rings. The number of aromatic nitrogens is 1. The third-order valence-electron chi connectivity index (χ3n) is 6.42. The number of benzene rings is 2. The number of likely N-dealkylation sites (N-methyl/N-ethyl adjacent to an activating group) is 1. The molecule has 0 bridgehead atoms. The van der Waals surface area contributed by atoms with Crippen molar-refractivity contribution >= 4 is 23.1 Å². The van der Waals surface area contributed by atoms with Gasteiger partial charge in [0, 0.05) is 31.7 Å². The van der Waals surface area contributed by atoms with Gasteiger partial charge in [-0.3, -0.25) is 4.79 Å². The van der Waals surface area contributed by atoms with Crippen LogP contribution in [0.15, 0.2) is 76.6 Å². The molecule has 0 N–H and O–H groups in total. The fourth-order valence-electron chi connectivity index (χ4n) is 4.50.